The average Bonchev–Trinajstić information content (AvgIpc) is 2.15. The van der Waals surface area contributed by atoms with Crippen molar-refractivity contribution in [1.29, 1.82) is 0 Å². The Morgan fingerprint density at radius 1 is 1.46 bits per heavy atom. The molecule has 0 saturated heterocycles. The lowest BCUT2D eigenvalue weighted by molar-refractivity contribution is -0.0349. The van der Waals surface area contributed by atoms with Gasteiger partial charge in [-0.3, -0.25) is 0 Å². The second-order valence-electron chi connectivity index (χ2n) is 2.86. The van der Waals surface area contributed by atoms with Gasteiger partial charge in [0.2, 0.25) is 0 Å². The average molecular weight is 190 g/mol. The van der Waals surface area contributed by atoms with Crippen LogP contribution in [0.25, 0.3) is 0 Å². The van der Waals surface area contributed by atoms with Gasteiger partial charge in [-0.05, 0) is 6.92 Å². The summed E-state index contributed by atoms with van der Waals surface area (Å²) in [6.07, 6.45) is 0.432. The fourth-order valence-electron chi connectivity index (χ4n) is 1.13. The third kappa shape index (κ3) is 4.38. The molecule has 13 heavy (non-hydrogen) atoms. The SMILES string of the molecule is C=CC(C(O)CO)C(C)OCCO. The molecule has 0 aliphatic heterocycles. The highest BCUT2D eigenvalue weighted by atomic mass is 16.5. The molecule has 4 heteroatoms. The number of aliphatic hydroxyl groups is 3. The lowest BCUT2D eigenvalue weighted by atomic mass is 9.97. The molecule has 3 unspecified atom stereocenters. The van der Waals surface area contributed by atoms with Gasteiger partial charge < -0.3 is 20.1 Å². The molecule has 0 radical (unpaired) electrons. The molecule has 0 saturated carbocycles. The molecule has 0 aromatic heterocycles. The van der Waals surface area contributed by atoms with Crippen LogP contribution in [-0.4, -0.2) is 47.3 Å². The highest BCUT2D eigenvalue weighted by Gasteiger charge is 2.22. The van der Waals surface area contributed by atoms with Crippen molar-refractivity contribution in [3.63, 3.8) is 0 Å². The van der Waals surface area contributed by atoms with E-state index in [1.165, 1.54) is 0 Å². The van der Waals surface area contributed by atoms with Gasteiger partial charge in [0.05, 0.1) is 32.0 Å². The predicted molar refractivity (Wildman–Crippen MR) is 49.3 cm³/mol. The zero-order valence-electron chi connectivity index (χ0n) is 7.89. The van der Waals surface area contributed by atoms with E-state index in [2.05, 4.69) is 6.58 Å². The number of hydrogen-bond donors (Lipinski definition) is 3. The summed E-state index contributed by atoms with van der Waals surface area (Å²) < 4.78 is 5.17. The predicted octanol–water partition coefficient (Wildman–Crippen LogP) is -0.461. The zero-order chi connectivity index (χ0) is 10.3. The Hall–Kier alpha value is -0.420. The Bertz CT molecular complexity index is 138. The first-order valence-electron chi connectivity index (χ1n) is 4.31. The van der Waals surface area contributed by atoms with Crippen LogP contribution in [0.5, 0.6) is 0 Å². The smallest absolute Gasteiger partial charge is 0.0858 e. The van der Waals surface area contributed by atoms with E-state index in [0.29, 0.717) is 0 Å². The Balaban J connectivity index is 3.98. The Labute approximate surface area is 78.5 Å². The van der Waals surface area contributed by atoms with Crippen molar-refractivity contribution in [3.8, 4) is 0 Å². The molecular weight excluding hydrogens is 172 g/mol. The van der Waals surface area contributed by atoms with Gasteiger partial charge in [-0.2, -0.15) is 0 Å². The first kappa shape index (κ1) is 12.6. The molecule has 0 aromatic rings. The van der Waals surface area contributed by atoms with Gasteiger partial charge >= 0.3 is 0 Å². The van der Waals surface area contributed by atoms with Gasteiger partial charge in [0.15, 0.2) is 0 Å². The second-order valence-corrected chi connectivity index (χ2v) is 2.86. The molecule has 0 fully saturated rings. The van der Waals surface area contributed by atoms with Gasteiger partial charge in [-0.15, -0.1) is 6.58 Å². The maximum Gasteiger partial charge on any atom is 0.0858 e. The van der Waals surface area contributed by atoms with Crippen molar-refractivity contribution in [3.05, 3.63) is 12.7 Å². The number of rotatable bonds is 7. The van der Waals surface area contributed by atoms with E-state index in [1.807, 2.05) is 0 Å². The van der Waals surface area contributed by atoms with Gasteiger partial charge in [0.25, 0.3) is 0 Å². The van der Waals surface area contributed by atoms with Crippen LogP contribution >= 0.6 is 0 Å². The van der Waals surface area contributed by atoms with Crippen LogP contribution in [0, 0.1) is 5.92 Å². The summed E-state index contributed by atoms with van der Waals surface area (Å²) in [5.41, 5.74) is 0. The third-order valence-electron chi connectivity index (χ3n) is 1.92. The maximum absolute atomic E-state index is 9.32. The van der Waals surface area contributed by atoms with E-state index in [4.69, 9.17) is 14.9 Å². The second kappa shape index (κ2) is 7.03. The molecule has 0 aliphatic carbocycles. The fraction of sp³-hybridized carbons (Fsp3) is 0.778. The third-order valence-corrected chi connectivity index (χ3v) is 1.92. The lowest BCUT2D eigenvalue weighted by Gasteiger charge is -2.24. The van der Waals surface area contributed by atoms with Gasteiger partial charge in [0, 0.05) is 5.92 Å². The van der Waals surface area contributed by atoms with Gasteiger partial charge in [0.1, 0.15) is 0 Å². The minimum atomic E-state index is -0.855. The topological polar surface area (TPSA) is 69.9 Å². The molecule has 0 heterocycles. The van der Waals surface area contributed by atoms with Gasteiger partial charge in [-0.25, -0.2) is 0 Å². The summed E-state index contributed by atoms with van der Waals surface area (Å²) in [6, 6.07) is 0. The number of aliphatic hydroxyl groups excluding tert-OH is 3. The number of hydrogen-bond acceptors (Lipinski definition) is 4. The van der Waals surface area contributed by atoms with Crippen molar-refractivity contribution in [2.24, 2.45) is 5.92 Å². The minimum absolute atomic E-state index is 0.0522. The molecule has 4 nitrogen and oxygen atoms in total. The van der Waals surface area contributed by atoms with E-state index in [0.717, 1.165) is 0 Å². The van der Waals surface area contributed by atoms with Crippen LogP contribution in [0.3, 0.4) is 0 Å². The van der Waals surface area contributed by atoms with E-state index in [1.54, 1.807) is 13.0 Å². The van der Waals surface area contributed by atoms with Crippen molar-refractivity contribution in [2.45, 2.75) is 19.1 Å². The van der Waals surface area contributed by atoms with Gasteiger partial charge in [-0.1, -0.05) is 6.08 Å². The summed E-state index contributed by atoms with van der Waals surface area (Å²) >= 11 is 0. The van der Waals surface area contributed by atoms with Crippen molar-refractivity contribution in [1.82, 2.24) is 0 Å². The molecule has 78 valence electrons. The summed E-state index contributed by atoms with van der Waals surface area (Å²) in [7, 11) is 0. The summed E-state index contributed by atoms with van der Waals surface area (Å²) in [4.78, 5) is 0. The molecule has 0 bridgehead atoms. The standard InChI is InChI=1S/C9H18O4/c1-3-8(9(12)6-11)7(2)13-5-4-10/h3,7-12H,1,4-6H2,2H3. The molecule has 0 aromatic carbocycles. The highest BCUT2D eigenvalue weighted by Crippen LogP contribution is 2.13. The molecular formula is C9H18O4. The largest absolute Gasteiger partial charge is 0.394 e. The summed E-state index contributed by atoms with van der Waals surface area (Å²) in [5, 5.41) is 26.5. The van der Waals surface area contributed by atoms with E-state index in [-0.39, 0.29) is 31.8 Å². The van der Waals surface area contributed by atoms with Crippen LogP contribution in [-0.2, 0) is 4.74 Å². The van der Waals surface area contributed by atoms with E-state index in [9.17, 15) is 5.11 Å². The van der Waals surface area contributed by atoms with Crippen LogP contribution < -0.4 is 0 Å². The van der Waals surface area contributed by atoms with Crippen molar-refractivity contribution >= 4 is 0 Å². The highest BCUT2D eigenvalue weighted by molar-refractivity contribution is 4.88. The van der Waals surface area contributed by atoms with E-state index < -0.39 is 6.10 Å². The normalized spacial score (nSPS) is 17.8. The van der Waals surface area contributed by atoms with E-state index >= 15 is 0 Å². The lowest BCUT2D eigenvalue weighted by Crippen LogP contribution is -2.33. The number of ether oxygens (including phenoxy) is 1. The summed E-state index contributed by atoms with van der Waals surface area (Å²) in [5.74, 6) is -0.309. The molecule has 0 amide bonds. The molecule has 3 N–H and O–H groups in total. The first-order valence-corrected chi connectivity index (χ1v) is 4.31. The molecule has 0 rings (SSSR count). The van der Waals surface area contributed by atoms with Crippen molar-refractivity contribution in [2.75, 3.05) is 19.8 Å². The van der Waals surface area contributed by atoms with Crippen molar-refractivity contribution < 1.29 is 20.1 Å². The molecule has 3 atom stereocenters. The quantitative estimate of drug-likeness (QED) is 0.475. The Kier molecular flexibility index (Phi) is 6.80. The molecule has 0 aliphatic rings. The van der Waals surface area contributed by atoms with Crippen LogP contribution in [0.2, 0.25) is 0 Å². The van der Waals surface area contributed by atoms with Crippen LogP contribution in [0.15, 0.2) is 12.7 Å². The Morgan fingerprint density at radius 3 is 2.46 bits per heavy atom. The minimum Gasteiger partial charge on any atom is -0.394 e. The van der Waals surface area contributed by atoms with Crippen LogP contribution in [0.4, 0.5) is 0 Å². The van der Waals surface area contributed by atoms with Crippen LogP contribution in [0.1, 0.15) is 6.92 Å². The monoisotopic (exact) mass is 190 g/mol. The molecule has 0 spiro atoms. The Morgan fingerprint density at radius 2 is 2.08 bits per heavy atom. The summed E-state index contributed by atoms with van der Waals surface area (Å²) in [6.45, 7) is 5.17. The fourth-order valence-corrected chi connectivity index (χ4v) is 1.13. The maximum atomic E-state index is 9.32. The first-order chi connectivity index (χ1) is 6.17. The zero-order valence-corrected chi connectivity index (χ0v) is 7.89.